The molecule has 2 heterocycles. The molecule has 0 atom stereocenters. The fraction of sp³-hybridized carbons (Fsp3) is 0.278. The van der Waals surface area contributed by atoms with E-state index in [1.165, 1.54) is 16.2 Å². The van der Waals surface area contributed by atoms with Crippen molar-refractivity contribution in [1.82, 2.24) is 4.90 Å². The summed E-state index contributed by atoms with van der Waals surface area (Å²) in [7, 11) is 0. The van der Waals surface area contributed by atoms with Crippen LogP contribution in [-0.2, 0) is 11.3 Å². The van der Waals surface area contributed by atoms with Crippen LogP contribution in [0.1, 0.15) is 56.0 Å². The molecule has 2 amide bonds. The summed E-state index contributed by atoms with van der Waals surface area (Å²) < 4.78 is 5.32. The maximum atomic E-state index is 12.4. The number of nitrogens with zero attached hydrogens (tertiary/aromatic N) is 1. The number of hydrogen-bond donors (Lipinski definition) is 0. The Hall–Kier alpha value is -2.47. The highest BCUT2D eigenvalue weighted by atomic mass is 32.1. The van der Waals surface area contributed by atoms with Gasteiger partial charge in [-0.3, -0.25) is 14.5 Å². The largest absolute Gasteiger partial charge is 0.456 e. The molecule has 0 fully saturated rings. The van der Waals surface area contributed by atoms with Crippen LogP contribution in [0.3, 0.4) is 0 Å². The van der Waals surface area contributed by atoms with E-state index in [1.54, 1.807) is 57.2 Å². The average Bonchev–Trinajstić information content (AvgIpc) is 3.06. The van der Waals surface area contributed by atoms with Gasteiger partial charge in [0, 0.05) is 4.88 Å². The maximum absolute atomic E-state index is 12.4. The van der Waals surface area contributed by atoms with Crippen molar-refractivity contribution < 1.29 is 19.1 Å². The van der Waals surface area contributed by atoms with Crippen LogP contribution >= 0.6 is 11.3 Å². The van der Waals surface area contributed by atoms with Gasteiger partial charge in [0.2, 0.25) is 0 Å². The lowest BCUT2D eigenvalue weighted by molar-refractivity contribution is 0.00749. The van der Waals surface area contributed by atoms with Crippen LogP contribution in [0, 0.1) is 0 Å². The van der Waals surface area contributed by atoms with E-state index in [0.717, 1.165) is 4.88 Å². The van der Waals surface area contributed by atoms with Crippen LogP contribution in [0.2, 0.25) is 0 Å². The molecule has 5 nitrogen and oxygen atoms in total. The topological polar surface area (TPSA) is 63.7 Å². The van der Waals surface area contributed by atoms with Crippen molar-refractivity contribution in [2.24, 2.45) is 0 Å². The number of rotatable bonds is 3. The Morgan fingerprint density at radius 2 is 1.62 bits per heavy atom. The first-order valence-electron chi connectivity index (χ1n) is 7.53. The highest BCUT2D eigenvalue weighted by Crippen LogP contribution is 2.27. The summed E-state index contributed by atoms with van der Waals surface area (Å²) in [5.41, 5.74) is 0.280. The van der Waals surface area contributed by atoms with Crippen LogP contribution in [0.25, 0.3) is 0 Å². The second kappa shape index (κ2) is 5.87. The predicted octanol–water partition coefficient (Wildman–Crippen LogP) is 3.50. The lowest BCUT2D eigenvalue weighted by Crippen LogP contribution is -2.28. The van der Waals surface area contributed by atoms with Crippen molar-refractivity contribution in [2.45, 2.75) is 32.9 Å². The van der Waals surface area contributed by atoms with E-state index in [0.29, 0.717) is 16.0 Å². The van der Waals surface area contributed by atoms with Gasteiger partial charge in [-0.2, -0.15) is 0 Å². The Morgan fingerprint density at radius 3 is 2.17 bits per heavy atom. The molecule has 0 radical (unpaired) electrons. The maximum Gasteiger partial charge on any atom is 0.348 e. The minimum Gasteiger partial charge on any atom is -0.456 e. The minimum atomic E-state index is -0.566. The molecule has 0 N–H and O–H groups in total. The van der Waals surface area contributed by atoms with Crippen LogP contribution in [0.4, 0.5) is 0 Å². The van der Waals surface area contributed by atoms with Crippen molar-refractivity contribution in [3.05, 3.63) is 57.3 Å². The van der Waals surface area contributed by atoms with Gasteiger partial charge in [-0.15, -0.1) is 11.3 Å². The molecule has 0 spiro atoms. The smallest absolute Gasteiger partial charge is 0.348 e. The van der Waals surface area contributed by atoms with Gasteiger partial charge in [-0.1, -0.05) is 12.1 Å². The summed E-state index contributed by atoms with van der Waals surface area (Å²) in [4.78, 5) is 39.2. The number of benzene rings is 1. The number of imide groups is 1. The molecular formula is C18H17NO4S. The molecule has 1 aliphatic heterocycles. The van der Waals surface area contributed by atoms with Crippen molar-refractivity contribution >= 4 is 29.1 Å². The number of hydrogen-bond acceptors (Lipinski definition) is 5. The number of carbonyl (C=O) groups is 3. The third-order valence-corrected chi connectivity index (χ3v) is 4.50. The summed E-state index contributed by atoms with van der Waals surface area (Å²) in [6.07, 6.45) is 0. The highest BCUT2D eigenvalue weighted by molar-refractivity contribution is 7.13. The van der Waals surface area contributed by atoms with Crippen LogP contribution in [-0.4, -0.2) is 28.3 Å². The highest BCUT2D eigenvalue weighted by Gasteiger charge is 2.35. The molecular weight excluding hydrogens is 326 g/mol. The van der Waals surface area contributed by atoms with Crippen molar-refractivity contribution in [3.63, 3.8) is 0 Å². The first kappa shape index (κ1) is 16.4. The molecule has 24 heavy (non-hydrogen) atoms. The van der Waals surface area contributed by atoms with Gasteiger partial charge < -0.3 is 4.74 Å². The van der Waals surface area contributed by atoms with E-state index in [-0.39, 0.29) is 18.4 Å². The Kier molecular flexibility index (Phi) is 4.01. The normalized spacial score (nSPS) is 14.0. The lowest BCUT2D eigenvalue weighted by atomic mass is 10.1. The van der Waals surface area contributed by atoms with Crippen molar-refractivity contribution in [1.29, 1.82) is 0 Å². The summed E-state index contributed by atoms with van der Waals surface area (Å²) in [6, 6.07) is 10.2. The summed E-state index contributed by atoms with van der Waals surface area (Å²) >= 11 is 1.23. The molecule has 0 unspecified atom stereocenters. The van der Waals surface area contributed by atoms with Gasteiger partial charge in [0.05, 0.1) is 17.7 Å². The number of ether oxygens (including phenoxy) is 1. The SMILES string of the molecule is CC(C)(C)OC(=O)c1ccc(CN2C(=O)c3ccccc3C2=O)s1. The van der Waals surface area contributed by atoms with Crippen molar-refractivity contribution in [3.8, 4) is 0 Å². The summed E-state index contributed by atoms with van der Waals surface area (Å²) in [5.74, 6) is -1.01. The van der Waals surface area contributed by atoms with Crippen molar-refractivity contribution in [2.75, 3.05) is 0 Å². The molecule has 6 heteroatoms. The van der Waals surface area contributed by atoms with E-state index in [2.05, 4.69) is 0 Å². The number of amides is 2. The quantitative estimate of drug-likeness (QED) is 0.632. The second-order valence-corrected chi connectivity index (χ2v) is 7.68. The fourth-order valence-electron chi connectivity index (χ4n) is 2.44. The zero-order valence-electron chi connectivity index (χ0n) is 13.7. The average molecular weight is 343 g/mol. The molecule has 0 saturated heterocycles. The first-order valence-corrected chi connectivity index (χ1v) is 8.35. The first-order chi connectivity index (χ1) is 11.3. The third kappa shape index (κ3) is 3.10. The molecule has 0 bridgehead atoms. The Balaban J connectivity index is 1.76. The molecule has 1 aromatic carbocycles. The molecule has 124 valence electrons. The Labute approximate surface area is 143 Å². The number of esters is 1. The van der Waals surface area contributed by atoms with Gasteiger partial charge in [0.25, 0.3) is 11.8 Å². The number of carbonyl (C=O) groups excluding carboxylic acids is 3. The Bertz CT molecular complexity index is 797. The van der Waals surface area contributed by atoms with Gasteiger partial charge in [0.1, 0.15) is 10.5 Å². The lowest BCUT2D eigenvalue weighted by Gasteiger charge is -2.18. The second-order valence-electron chi connectivity index (χ2n) is 6.51. The van der Waals surface area contributed by atoms with Gasteiger partial charge in [-0.25, -0.2) is 4.79 Å². The standard InChI is InChI=1S/C18H17NO4S/c1-18(2,3)23-17(22)14-9-8-11(24-14)10-19-15(20)12-6-4-5-7-13(12)16(19)21/h4-9H,10H2,1-3H3. The van der Waals surface area contributed by atoms with Crippen LogP contribution in [0.5, 0.6) is 0 Å². The molecule has 2 aromatic rings. The molecule has 1 aliphatic rings. The summed E-state index contributed by atoms with van der Waals surface area (Å²) in [5, 5.41) is 0. The monoisotopic (exact) mass is 343 g/mol. The molecule has 0 aliphatic carbocycles. The van der Waals surface area contributed by atoms with Gasteiger partial charge in [-0.05, 0) is 45.0 Å². The van der Waals surface area contributed by atoms with E-state index >= 15 is 0 Å². The van der Waals surface area contributed by atoms with Gasteiger partial charge in [0.15, 0.2) is 0 Å². The minimum absolute atomic E-state index is 0.153. The summed E-state index contributed by atoms with van der Waals surface area (Å²) in [6.45, 7) is 5.56. The predicted molar refractivity (Wildman–Crippen MR) is 90.1 cm³/mol. The zero-order valence-corrected chi connectivity index (χ0v) is 14.5. The number of thiophene rings is 1. The van der Waals surface area contributed by atoms with Gasteiger partial charge >= 0.3 is 5.97 Å². The van der Waals surface area contributed by atoms with E-state index < -0.39 is 11.6 Å². The fourth-order valence-corrected chi connectivity index (χ4v) is 3.31. The van der Waals surface area contributed by atoms with E-state index in [4.69, 9.17) is 4.74 Å². The Morgan fingerprint density at radius 1 is 1.04 bits per heavy atom. The van der Waals surface area contributed by atoms with Crippen LogP contribution in [0.15, 0.2) is 36.4 Å². The molecule has 0 saturated carbocycles. The zero-order chi connectivity index (χ0) is 17.5. The van der Waals surface area contributed by atoms with Crippen LogP contribution < -0.4 is 0 Å². The molecule has 3 rings (SSSR count). The number of fused-ring (bicyclic) bond motifs is 1. The van der Waals surface area contributed by atoms with E-state index in [9.17, 15) is 14.4 Å². The van der Waals surface area contributed by atoms with E-state index in [1.807, 2.05) is 0 Å². The molecule has 1 aromatic heterocycles. The third-order valence-electron chi connectivity index (χ3n) is 3.45.